The van der Waals surface area contributed by atoms with E-state index in [1.807, 2.05) is 0 Å². The van der Waals surface area contributed by atoms with Gasteiger partial charge in [0.25, 0.3) is 0 Å². The van der Waals surface area contributed by atoms with Crippen molar-refractivity contribution in [3.05, 3.63) is 0 Å². The summed E-state index contributed by atoms with van der Waals surface area (Å²) in [4.78, 5) is 35.5. The summed E-state index contributed by atoms with van der Waals surface area (Å²) in [5, 5.41) is 8.79. The lowest BCUT2D eigenvalue weighted by molar-refractivity contribution is -0.153. The van der Waals surface area contributed by atoms with Crippen LogP contribution in [0, 0.1) is 0 Å². The maximum Gasteiger partial charge on any atom is 0.334 e. The van der Waals surface area contributed by atoms with Gasteiger partial charge in [0.15, 0.2) is 11.3 Å². The zero-order valence-electron chi connectivity index (χ0n) is 13.7. The van der Waals surface area contributed by atoms with Crippen LogP contribution < -0.4 is 11.5 Å². The van der Waals surface area contributed by atoms with E-state index in [4.69, 9.17) is 21.3 Å². The number of thioether (sulfide) groups is 1. The van der Waals surface area contributed by atoms with Crippen LogP contribution in [0.15, 0.2) is 0 Å². The maximum absolute atomic E-state index is 12.5. The average Bonchev–Trinajstić information content (AvgIpc) is 2.90. The summed E-state index contributed by atoms with van der Waals surface area (Å²) < 4.78 is 4.90. The van der Waals surface area contributed by atoms with Crippen LogP contribution in [-0.4, -0.2) is 51.5 Å². The molecule has 1 aliphatic rings. The number of ketones is 1. The van der Waals surface area contributed by atoms with Gasteiger partial charge in [-0.05, 0) is 19.8 Å². The van der Waals surface area contributed by atoms with Crippen molar-refractivity contribution in [2.24, 2.45) is 11.5 Å². The van der Waals surface area contributed by atoms with Crippen molar-refractivity contribution in [3.8, 4) is 0 Å². The Morgan fingerprint density at radius 3 is 2.39 bits per heavy atom. The number of hydrogen-bond donors (Lipinski definition) is 3. The molecule has 0 aromatic heterocycles. The smallest absolute Gasteiger partial charge is 0.334 e. The molecule has 0 aliphatic heterocycles. The quantitative estimate of drug-likeness (QED) is 0.410. The molecule has 0 amide bonds. The van der Waals surface area contributed by atoms with E-state index >= 15 is 0 Å². The second kappa shape index (κ2) is 8.12. The molecule has 0 unspecified atom stereocenters. The number of Topliss-reactive ketones (excluding diaryl/α,β-unsaturated/α-hetero) is 1. The molecule has 0 saturated heterocycles. The summed E-state index contributed by atoms with van der Waals surface area (Å²) in [5.41, 5.74) is 9.78. The minimum absolute atomic E-state index is 0.0334. The lowest BCUT2D eigenvalue weighted by atomic mass is 9.91. The summed E-state index contributed by atoms with van der Waals surface area (Å²) >= 11 is 1.46. The SMILES string of the molecule is CCOC(=O)[C@@](N)(CSC1(C)CCCC1)C(=O)[C@@H](N)CC(=O)O. The van der Waals surface area contributed by atoms with E-state index in [1.165, 1.54) is 11.8 Å². The Morgan fingerprint density at radius 2 is 1.91 bits per heavy atom. The highest BCUT2D eigenvalue weighted by atomic mass is 32.2. The number of carboxylic acid groups (broad SMARTS) is 1. The zero-order valence-corrected chi connectivity index (χ0v) is 14.5. The van der Waals surface area contributed by atoms with Gasteiger partial charge in [-0.3, -0.25) is 9.59 Å². The molecule has 0 heterocycles. The predicted octanol–water partition coefficient (Wildman–Crippen LogP) is 0.684. The Balaban J connectivity index is 2.90. The highest BCUT2D eigenvalue weighted by Crippen LogP contribution is 2.42. The molecule has 0 aromatic carbocycles. The van der Waals surface area contributed by atoms with E-state index in [9.17, 15) is 14.4 Å². The monoisotopic (exact) mass is 346 g/mol. The van der Waals surface area contributed by atoms with Crippen molar-refractivity contribution in [2.75, 3.05) is 12.4 Å². The average molecular weight is 346 g/mol. The minimum atomic E-state index is -1.92. The molecule has 2 atom stereocenters. The molecule has 7 nitrogen and oxygen atoms in total. The summed E-state index contributed by atoms with van der Waals surface area (Å²) in [6.07, 6.45) is 3.62. The van der Waals surface area contributed by atoms with E-state index in [0.717, 1.165) is 25.7 Å². The number of nitrogens with two attached hydrogens (primary N) is 2. The van der Waals surface area contributed by atoms with Crippen LogP contribution in [0.5, 0.6) is 0 Å². The maximum atomic E-state index is 12.5. The molecule has 1 saturated carbocycles. The third-order valence-corrected chi connectivity index (χ3v) is 5.83. The highest BCUT2D eigenvalue weighted by Gasteiger charge is 2.47. The van der Waals surface area contributed by atoms with Crippen LogP contribution in [0.4, 0.5) is 0 Å². The normalized spacial score (nSPS) is 20.5. The van der Waals surface area contributed by atoms with Crippen LogP contribution in [0.3, 0.4) is 0 Å². The molecule has 1 aliphatic carbocycles. The summed E-state index contributed by atoms with van der Waals surface area (Å²) in [7, 11) is 0. The summed E-state index contributed by atoms with van der Waals surface area (Å²) in [5.74, 6) is -2.81. The van der Waals surface area contributed by atoms with Gasteiger partial charge in [-0.1, -0.05) is 19.8 Å². The Kier molecular flexibility index (Phi) is 7.03. The van der Waals surface area contributed by atoms with Gasteiger partial charge in [0.1, 0.15) is 0 Å². The molecule has 23 heavy (non-hydrogen) atoms. The Labute approximate surface area is 140 Å². The molecular weight excluding hydrogens is 320 g/mol. The molecule has 0 radical (unpaired) electrons. The predicted molar refractivity (Wildman–Crippen MR) is 88.1 cm³/mol. The Morgan fingerprint density at radius 1 is 1.35 bits per heavy atom. The standard InChI is InChI=1S/C15H26N2O5S/c1-3-22-13(21)15(17,12(20)10(16)8-11(18)19)9-23-14(2)6-4-5-7-14/h10H,3-9,16-17H2,1-2H3,(H,18,19)/t10-,15+/m0/s1. The second-order valence-corrected chi connectivity index (χ2v) is 7.77. The van der Waals surface area contributed by atoms with E-state index in [-0.39, 0.29) is 17.1 Å². The van der Waals surface area contributed by atoms with Gasteiger partial charge in [0.05, 0.1) is 19.1 Å². The number of aliphatic carboxylic acids is 1. The van der Waals surface area contributed by atoms with Crippen LogP contribution in [-0.2, 0) is 19.1 Å². The zero-order chi connectivity index (χ0) is 17.7. The van der Waals surface area contributed by atoms with Crippen molar-refractivity contribution in [1.29, 1.82) is 0 Å². The number of carbonyl (C=O) groups is 3. The molecule has 132 valence electrons. The lowest BCUT2D eigenvalue weighted by Gasteiger charge is -2.31. The van der Waals surface area contributed by atoms with E-state index in [0.29, 0.717) is 0 Å². The van der Waals surface area contributed by atoms with Crippen LogP contribution in [0.25, 0.3) is 0 Å². The number of carboxylic acids is 1. The number of hydrogen-bond acceptors (Lipinski definition) is 7. The first-order valence-corrected chi connectivity index (χ1v) is 8.75. The topological polar surface area (TPSA) is 133 Å². The van der Waals surface area contributed by atoms with E-state index in [2.05, 4.69) is 6.92 Å². The van der Waals surface area contributed by atoms with Crippen molar-refractivity contribution in [2.45, 2.75) is 62.3 Å². The largest absolute Gasteiger partial charge is 0.481 e. The van der Waals surface area contributed by atoms with Gasteiger partial charge in [-0.2, -0.15) is 11.8 Å². The number of carbonyl (C=O) groups excluding carboxylic acids is 2. The Bertz CT molecular complexity index is 465. The minimum Gasteiger partial charge on any atom is -0.481 e. The third kappa shape index (κ3) is 5.19. The van der Waals surface area contributed by atoms with Gasteiger partial charge in [-0.25, -0.2) is 4.79 Å². The molecule has 5 N–H and O–H groups in total. The number of esters is 1. The first-order chi connectivity index (χ1) is 10.6. The van der Waals surface area contributed by atoms with Crippen LogP contribution in [0.2, 0.25) is 0 Å². The molecule has 0 bridgehead atoms. The molecule has 1 fully saturated rings. The van der Waals surface area contributed by atoms with Gasteiger partial charge >= 0.3 is 11.9 Å². The van der Waals surface area contributed by atoms with Gasteiger partial charge < -0.3 is 21.3 Å². The lowest BCUT2D eigenvalue weighted by Crippen LogP contribution is -2.63. The molecule has 0 spiro atoms. The van der Waals surface area contributed by atoms with Crippen LogP contribution >= 0.6 is 11.8 Å². The third-order valence-electron chi connectivity index (χ3n) is 4.12. The summed E-state index contributed by atoms with van der Waals surface area (Å²) in [6, 6.07) is -1.33. The number of ether oxygens (including phenoxy) is 1. The van der Waals surface area contributed by atoms with E-state index < -0.39 is 35.7 Å². The summed E-state index contributed by atoms with van der Waals surface area (Å²) in [6.45, 7) is 3.78. The fraction of sp³-hybridized carbons (Fsp3) is 0.800. The molecule has 0 aromatic rings. The van der Waals surface area contributed by atoms with Crippen molar-refractivity contribution in [1.82, 2.24) is 0 Å². The van der Waals surface area contributed by atoms with Crippen molar-refractivity contribution in [3.63, 3.8) is 0 Å². The Hall–Kier alpha value is -1.12. The highest BCUT2D eigenvalue weighted by molar-refractivity contribution is 8.00. The molecular formula is C15H26N2O5S. The van der Waals surface area contributed by atoms with Crippen LogP contribution in [0.1, 0.15) is 46.0 Å². The first-order valence-electron chi connectivity index (χ1n) is 7.76. The van der Waals surface area contributed by atoms with Crippen molar-refractivity contribution < 1.29 is 24.2 Å². The second-order valence-electron chi connectivity index (χ2n) is 6.21. The fourth-order valence-corrected chi connectivity index (χ4v) is 4.07. The molecule has 8 heteroatoms. The fourth-order valence-electron chi connectivity index (χ4n) is 2.66. The first kappa shape index (κ1) is 19.9. The van der Waals surface area contributed by atoms with E-state index in [1.54, 1.807) is 6.92 Å². The van der Waals surface area contributed by atoms with Gasteiger partial charge in [-0.15, -0.1) is 0 Å². The van der Waals surface area contributed by atoms with Gasteiger partial charge in [0.2, 0.25) is 0 Å². The van der Waals surface area contributed by atoms with Crippen molar-refractivity contribution >= 4 is 29.5 Å². The van der Waals surface area contributed by atoms with Gasteiger partial charge in [0, 0.05) is 10.5 Å². The number of rotatable bonds is 9. The molecule has 1 rings (SSSR count).